The van der Waals surface area contributed by atoms with E-state index in [0.29, 0.717) is 6.54 Å². The Hall–Kier alpha value is -1.88. The second-order valence-corrected chi connectivity index (χ2v) is 5.04. The number of para-hydroxylation sites is 1. The molecule has 0 spiro atoms. The molecule has 0 bridgehead atoms. The molecule has 19 heavy (non-hydrogen) atoms. The maximum atomic E-state index is 13.7. The molecule has 100 valence electrons. The van der Waals surface area contributed by atoms with Crippen LogP contribution in [0.1, 0.15) is 27.7 Å². The summed E-state index contributed by atoms with van der Waals surface area (Å²) in [6.45, 7) is 2.49. The molecule has 1 aromatic carbocycles. The van der Waals surface area contributed by atoms with E-state index in [1.807, 2.05) is 11.4 Å². The van der Waals surface area contributed by atoms with E-state index < -0.39 is 11.8 Å². The minimum atomic E-state index is -1.14. The van der Waals surface area contributed by atoms with Crippen molar-refractivity contribution in [3.63, 3.8) is 0 Å². The molecule has 2 N–H and O–H groups in total. The van der Waals surface area contributed by atoms with Gasteiger partial charge in [-0.05, 0) is 35.6 Å². The third-order valence-electron chi connectivity index (χ3n) is 2.89. The van der Waals surface area contributed by atoms with Gasteiger partial charge in [0.25, 0.3) is 0 Å². The fraction of sp³-hybridized carbons (Fsp3) is 0.214. The lowest BCUT2D eigenvalue weighted by Gasteiger charge is -2.10. The first-order chi connectivity index (χ1) is 9.13. The summed E-state index contributed by atoms with van der Waals surface area (Å²) < 4.78 is 13.7. The van der Waals surface area contributed by atoms with Crippen molar-refractivity contribution in [2.24, 2.45) is 0 Å². The molecule has 0 fully saturated rings. The number of aryl methyl sites for hydroxylation is 1. The SMILES string of the molecule is CCc1ccsc1CNc1c(F)cccc1C(=O)O. The number of halogens is 1. The van der Waals surface area contributed by atoms with Gasteiger partial charge in [-0.1, -0.05) is 13.0 Å². The summed E-state index contributed by atoms with van der Waals surface area (Å²) in [5.74, 6) is -1.68. The second-order valence-electron chi connectivity index (χ2n) is 4.04. The number of benzene rings is 1. The topological polar surface area (TPSA) is 49.3 Å². The summed E-state index contributed by atoms with van der Waals surface area (Å²) in [4.78, 5) is 12.2. The zero-order valence-electron chi connectivity index (χ0n) is 10.4. The Morgan fingerprint density at radius 1 is 1.42 bits per heavy atom. The molecule has 0 unspecified atom stereocenters. The standard InChI is InChI=1S/C14H14FNO2S/c1-2-9-6-7-19-12(9)8-16-13-10(14(17)18)4-3-5-11(13)15/h3-7,16H,2,8H2,1H3,(H,17,18). The van der Waals surface area contributed by atoms with Crippen LogP contribution in [0, 0.1) is 5.82 Å². The highest BCUT2D eigenvalue weighted by Gasteiger charge is 2.14. The predicted molar refractivity (Wildman–Crippen MR) is 74.4 cm³/mol. The van der Waals surface area contributed by atoms with Gasteiger partial charge in [0.2, 0.25) is 0 Å². The zero-order valence-corrected chi connectivity index (χ0v) is 11.3. The maximum Gasteiger partial charge on any atom is 0.337 e. The number of thiophene rings is 1. The normalized spacial score (nSPS) is 10.4. The Morgan fingerprint density at radius 3 is 2.89 bits per heavy atom. The number of carbonyl (C=O) groups is 1. The number of hydrogen-bond donors (Lipinski definition) is 2. The first kappa shape index (κ1) is 13.5. The minimum absolute atomic E-state index is 0.0467. The Kier molecular flexibility index (Phi) is 4.16. The van der Waals surface area contributed by atoms with E-state index >= 15 is 0 Å². The van der Waals surface area contributed by atoms with Gasteiger partial charge in [-0.25, -0.2) is 9.18 Å². The van der Waals surface area contributed by atoms with Crippen LogP contribution in [0.15, 0.2) is 29.6 Å². The van der Waals surface area contributed by atoms with E-state index in [-0.39, 0.29) is 11.3 Å². The van der Waals surface area contributed by atoms with E-state index in [1.54, 1.807) is 11.3 Å². The third kappa shape index (κ3) is 2.93. The van der Waals surface area contributed by atoms with Crippen molar-refractivity contribution < 1.29 is 14.3 Å². The van der Waals surface area contributed by atoms with E-state index in [9.17, 15) is 9.18 Å². The van der Waals surface area contributed by atoms with Crippen LogP contribution in [-0.2, 0) is 13.0 Å². The Labute approximate surface area is 114 Å². The summed E-state index contributed by atoms with van der Waals surface area (Å²) in [5, 5.41) is 13.9. The van der Waals surface area contributed by atoms with Crippen LogP contribution in [0.3, 0.4) is 0 Å². The van der Waals surface area contributed by atoms with Crippen molar-refractivity contribution in [2.45, 2.75) is 19.9 Å². The molecule has 0 aliphatic carbocycles. The summed E-state index contributed by atoms with van der Waals surface area (Å²) in [7, 11) is 0. The summed E-state index contributed by atoms with van der Waals surface area (Å²) in [6, 6.07) is 6.07. The van der Waals surface area contributed by atoms with E-state index in [0.717, 1.165) is 11.3 Å². The molecule has 2 aromatic rings. The van der Waals surface area contributed by atoms with Gasteiger partial charge in [-0.15, -0.1) is 11.3 Å². The molecular weight excluding hydrogens is 265 g/mol. The van der Waals surface area contributed by atoms with Gasteiger partial charge in [0.15, 0.2) is 0 Å². The molecule has 0 aliphatic heterocycles. The van der Waals surface area contributed by atoms with Crippen molar-refractivity contribution in [1.29, 1.82) is 0 Å². The largest absolute Gasteiger partial charge is 0.478 e. The van der Waals surface area contributed by atoms with Crippen LogP contribution in [0.2, 0.25) is 0 Å². The van der Waals surface area contributed by atoms with Gasteiger partial charge in [0.05, 0.1) is 11.3 Å². The van der Waals surface area contributed by atoms with Crippen LogP contribution < -0.4 is 5.32 Å². The second kappa shape index (κ2) is 5.84. The minimum Gasteiger partial charge on any atom is -0.478 e. The zero-order chi connectivity index (χ0) is 13.8. The Bertz CT molecular complexity index is 595. The first-order valence-corrected chi connectivity index (χ1v) is 6.82. The lowest BCUT2D eigenvalue weighted by Crippen LogP contribution is -2.08. The van der Waals surface area contributed by atoms with Gasteiger partial charge in [-0.2, -0.15) is 0 Å². The highest BCUT2D eigenvalue weighted by molar-refractivity contribution is 7.10. The highest BCUT2D eigenvalue weighted by Crippen LogP contribution is 2.23. The fourth-order valence-electron chi connectivity index (χ4n) is 1.89. The summed E-state index contributed by atoms with van der Waals surface area (Å²) >= 11 is 1.58. The van der Waals surface area contributed by atoms with Crippen molar-refractivity contribution in [1.82, 2.24) is 0 Å². The molecular formula is C14H14FNO2S. The molecule has 0 saturated heterocycles. The third-order valence-corrected chi connectivity index (χ3v) is 3.85. The van der Waals surface area contributed by atoms with Gasteiger partial charge >= 0.3 is 5.97 Å². The summed E-state index contributed by atoms with van der Waals surface area (Å²) in [5.41, 5.74) is 1.20. The van der Waals surface area contributed by atoms with Crippen LogP contribution in [0.4, 0.5) is 10.1 Å². The maximum absolute atomic E-state index is 13.7. The number of carboxylic acids is 1. The van der Waals surface area contributed by atoms with E-state index in [1.165, 1.54) is 23.8 Å². The van der Waals surface area contributed by atoms with Crippen molar-refractivity contribution in [3.05, 3.63) is 51.5 Å². The van der Waals surface area contributed by atoms with Crippen molar-refractivity contribution in [2.75, 3.05) is 5.32 Å². The van der Waals surface area contributed by atoms with E-state index in [2.05, 4.69) is 12.2 Å². The van der Waals surface area contributed by atoms with Crippen LogP contribution in [0.25, 0.3) is 0 Å². The molecule has 1 heterocycles. The van der Waals surface area contributed by atoms with Gasteiger partial charge < -0.3 is 10.4 Å². The average molecular weight is 279 g/mol. The molecule has 0 atom stereocenters. The van der Waals surface area contributed by atoms with Crippen LogP contribution >= 0.6 is 11.3 Å². The lowest BCUT2D eigenvalue weighted by atomic mass is 10.1. The molecule has 3 nitrogen and oxygen atoms in total. The molecule has 0 aliphatic rings. The van der Waals surface area contributed by atoms with Gasteiger partial charge in [-0.3, -0.25) is 0 Å². The number of nitrogens with one attached hydrogen (secondary N) is 1. The highest BCUT2D eigenvalue weighted by atomic mass is 32.1. The van der Waals surface area contributed by atoms with Crippen LogP contribution in [-0.4, -0.2) is 11.1 Å². The van der Waals surface area contributed by atoms with Crippen LogP contribution in [0.5, 0.6) is 0 Å². The lowest BCUT2D eigenvalue weighted by molar-refractivity contribution is 0.0697. The quantitative estimate of drug-likeness (QED) is 0.876. The smallest absolute Gasteiger partial charge is 0.337 e. The van der Waals surface area contributed by atoms with E-state index in [4.69, 9.17) is 5.11 Å². The Balaban J connectivity index is 2.22. The Morgan fingerprint density at radius 2 is 2.21 bits per heavy atom. The number of aromatic carboxylic acids is 1. The van der Waals surface area contributed by atoms with Crippen molar-refractivity contribution >= 4 is 23.0 Å². The molecule has 0 radical (unpaired) electrons. The fourth-order valence-corrected chi connectivity index (χ4v) is 2.80. The molecule has 0 saturated carbocycles. The molecule has 1 aromatic heterocycles. The average Bonchev–Trinajstić information content (AvgIpc) is 2.84. The van der Waals surface area contributed by atoms with Crippen molar-refractivity contribution in [3.8, 4) is 0 Å². The monoisotopic (exact) mass is 279 g/mol. The predicted octanol–water partition coefficient (Wildman–Crippen LogP) is 3.76. The molecule has 5 heteroatoms. The molecule has 0 amide bonds. The first-order valence-electron chi connectivity index (χ1n) is 5.94. The van der Waals surface area contributed by atoms with Gasteiger partial charge in [0, 0.05) is 11.4 Å². The number of anilines is 1. The van der Waals surface area contributed by atoms with Gasteiger partial charge in [0.1, 0.15) is 5.82 Å². The summed E-state index contributed by atoms with van der Waals surface area (Å²) in [6.07, 6.45) is 0.906. The molecule has 2 rings (SSSR count). The number of rotatable bonds is 5. The number of carboxylic acid groups (broad SMARTS) is 1. The number of hydrogen-bond acceptors (Lipinski definition) is 3.